The molecule has 0 fully saturated rings. The summed E-state index contributed by atoms with van der Waals surface area (Å²) in [4.78, 5) is 0. The molecule has 0 amide bonds. The molecule has 9 heavy (non-hydrogen) atoms. The highest BCUT2D eigenvalue weighted by atomic mass is 14.2. The molecule has 0 N–H and O–H groups in total. The van der Waals surface area contributed by atoms with Gasteiger partial charge in [0.05, 0.1) is 18.2 Å². The van der Waals surface area contributed by atoms with E-state index in [1.54, 1.807) is 6.07 Å². The number of rotatable bonds is 1. The largest absolute Gasteiger partial charge is 0.199 e. The number of nitrogens with zero attached hydrogens (tertiary/aromatic N) is 3. The highest BCUT2D eigenvalue weighted by molar-refractivity contribution is 4.78. The third-order valence-electron chi connectivity index (χ3n) is 0.349. The predicted octanol–water partition coefficient (Wildman–Crippen LogP) is 1.34. The Kier molecular flexibility index (Phi) is 18.7. The smallest absolute Gasteiger partial charge is 0.0632 e. The van der Waals surface area contributed by atoms with Crippen LogP contribution in [0.4, 0.5) is 0 Å². The lowest BCUT2D eigenvalue weighted by Crippen LogP contribution is -1.58. The highest BCUT2D eigenvalue weighted by Gasteiger charge is 1.72. The fraction of sp³-hybridized carbons (Fsp3) is 0.500. The van der Waals surface area contributed by atoms with Crippen LogP contribution in [0.2, 0.25) is 0 Å². The Morgan fingerprint density at radius 2 is 1.22 bits per heavy atom. The van der Waals surface area contributed by atoms with Gasteiger partial charge in [-0.15, -0.1) is 0 Å². The minimum absolute atomic E-state index is 0.358. The van der Waals surface area contributed by atoms with Gasteiger partial charge < -0.3 is 0 Å². The molecule has 0 saturated heterocycles. The van der Waals surface area contributed by atoms with Crippen molar-refractivity contribution in [3.63, 3.8) is 0 Å². The SMILES string of the molecule is CC#N.N#CCCC#N. The number of unbranched alkanes of at least 4 members (excludes halogenated alkanes) is 1. The van der Waals surface area contributed by atoms with Crippen LogP contribution in [0, 0.1) is 34.0 Å². The zero-order valence-corrected chi connectivity index (χ0v) is 5.26. The summed E-state index contributed by atoms with van der Waals surface area (Å²) in [7, 11) is 0. The van der Waals surface area contributed by atoms with Gasteiger partial charge in [-0.3, -0.25) is 0 Å². The number of hydrogen-bond acceptors (Lipinski definition) is 3. The number of nitriles is 3. The monoisotopic (exact) mass is 121 g/mol. The Morgan fingerprint density at radius 1 is 1.00 bits per heavy atom. The van der Waals surface area contributed by atoms with Crippen molar-refractivity contribution in [3.05, 3.63) is 0 Å². The van der Waals surface area contributed by atoms with Gasteiger partial charge >= 0.3 is 0 Å². The second-order valence-corrected chi connectivity index (χ2v) is 1.04. The van der Waals surface area contributed by atoms with Crippen LogP contribution in [-0.4, -0.2) is 0 Å². The Balaban J connectivity index is 0. The van der Waals surface area contributed by atoms with Gasteiger partial charge in [0.2, 0.25) is 0 Å². The van der Waals surface area contributed by atoms with E-state index in [-0.39, 0.29) is 0 Å². The Labute approximate surface area is 54.7 Å². The fourth-order valence-corrected chi connectivity index (χ4v) is 0.112. The van der Waals surface area contributed by atoms with Crippen molar-refractivity contribution in [2.24, 2.45) is 0 Å². The first kappa shape index (κ1) is 10.5. The fourth-order valence-electron chi connectivity index (χ4n) is 0.112. The summed E-state index contributed by atoms with van der Waals surface area (Å²) in [6.07, 6.45) is 0.715. The first-order valence-electron chi connectivity index (χ1n) is 2.38. The van der Waals surface area contributed by atoms with Gasteiger partial charge in [0.25, 0.3) is 0 Å². The second-order valence-electron chi connectivity index (χ2n) is 1.04. The van der Waals surface area contributed by atoms with Crippen LogP contribution in [0.25, 0.3) is 0 Å². The molecule has 0 aliphatic carbocycles. The first-order chi connectivity index (χ1) is 4.33. The van der Waals surface area contributed by atoms with Crippen molar-refractivity contribution in [1.29, 1.82) is 15.8 Å². The van der Waals surface area contributed by atoms with E-state index >= 15 is 0 Å². The minimum Gasteiger partial charge on any atom is -0.199 e. The third kappa shape index (κ3) is 59.8. The Hall–Kier alpha value is -1.53. The molecular weight excluding hydrogens is 114 g/mol. The van der Waals surface area contributed by atoms with E-state index in [9.17, 15) is 0 Å². The topological polar surface area (TPSA) is 71.4 Å². The zero-order chi connectivity index (χ0) is 7.54. The maximum absolute atomic E-state index is 7.80. The molecule has 0 rings (SSSR count). The molecule has 0 spiro atoms. The first-order valence-corrected chi connectivity index (χ1v) is 2.38. The maximum Gasteiger partial charge on any atom is 0.0632 e. The normalized spacial score (nSPS) is 4.67. The van der Waals surface area contributed by atoms with Gasteiger partial charge in [0.1, 0.15) is 0 Å². The van der Waals surface area contributed by atoms with Crippen molar-refractivity contribution >= 4 is 0 Å². The van der Waals surface area contributed by atoms with Crippen molar-refractivity contribution in [1.82, 2.24) is 0 Å². The van der Waals surface area contributed by atoms with E-state index in [1.807, 2.05) is 12.1 Å². The molecule has 46 valence electrons. The quantitative estimate of drug-likeness (QED) is 0.491. The van der Waals surface area contributed by atoms with Crippen molar-refractivity contribution in [2.75, 3.05) is 0 Å². The lowest BCUT2D eigenvalue weighted by molar-refractivity contribution is 1.07. The Morgan fingerprint density at radius 3 is 1.33 bits per heavy atom. The molecule has 0 heterocycles. The van der Waals surface area contributed by atoms with Gasteiger partial charge in [-0.1, -0.05) is 0 Å². The molecule has 0 unspecified atom stereocenters. The average molecular weight is 121 g/mol. The minimum atomic E-state index is 0.358. The van der Waals surface area contributed by atoms with Gasteiger partial charge in [0.15, 0.2) is 0 Å². The van der Waals surface area contributed by atoms with Crippen LogP contribution in [-0.2, 0) is 0 Å². The standard InChI is InChI=1S/C4H4N2.C2H3N/c5-3-1-2-4-6;1-2-3/h1-2H2;1H3. The van der Waals surface area contributed by atoms with E-state index in [4.69, 9.17) is 15.8 Å². The number of hydrogen-bond donors (Lipinski definition) is 0. The van der Waals surface area contributed by atoms with E-state index in [0.29, 0.717) is 12.8 Å². The van der Waals surface area contributed by atoms with E-state index in [2.05, 4.69) is 0 Å². The lowest BCUT2D eigenvalue weighted by atomic mass is 10.4. The van der Waals surface area contributed by atoms with Gasteiger partial charge in [-0.05, 0) is 0 Å². The Bertz CT molecular complexity index is 139. The zero-order valence-electron chi connectivity index (χ0n) is 5.26. The average Bonchev–Trinajstić information content (AvgIpc) is 1.86. The summed E-state index contributed by atoms with van der Waals surface area (Å²) >= 11 is 0. The van der Waals surface area contributed by atoms with Crippen LogP contribution in [0.1, 0.15) is 19.8 Å². The van der Waals surface area contributed by atoms with Crippen molar-refractivity contribution in [2.45, 2.75) is 19.8 Å². The molecule has 0 bridgehead atoms. The lowest BCUT2D eigenvalue weighted by Gasteiger charge is -1.63. The van der Waals surface area contributed by atoms with E-state index in [1.165, 1.54) is 6.92 Å². The summed E-state index contributed by atoms with van der Waals surface area (Å²) in [5, 5.41) is 22.9. The van der Waals surface area contributed by atoms with Gasteiger partial charge in [-0.2, -0.15) is 15.8 Å². The summed E-state index contributed by atoms with van der Waals surface area (Å²) in [6, 6.07) is 5.44. The maximum atomic E-state index is 7.80. The van der Waals surface area contributed by atoms with Crippen molar-refractivity contribution < 1.29 is 0 Å². The molecule has 0 atom stereocenters. The van der Waals surface area contributed by atoms with Crippen LogP contribution in [0.15, 0.2) is 0 Å². The van der Waals surface area contributed by atoms with E-state index < -0.39 is 0 Å². The van der Waals surface area contributed by atoms with Crippen LogP contribution in [0.5, 0.6) is 0 Å². The molecule has 3 nitrogen and oxygen atoms in total. The molecule has 0 aromatic rings. The second kappa shape index (κ2) is 16.1. The highest BCUT2D eigenvalue weighted by Crippen LogP contribution is 1.78. The van der Waals surface area contributed by atoms with Crippen molar-refractivity contribution in [3.8, 4) is 18.2 Å². The molecule has 0 aliphatic rings. The third-order valence-corrected chi connectivity index (χ3v) is 0.349. The van der Waals surface area contributed by atoms with Gasteiger partial charge in [0, 0.05) is 19.8 Å². The molecular formula is C6H7N3. The molecule has 0 radical (unpaired) electrons. The molecule has 3 heteroatoms. The van der Waals surface area contributed by atoms with Crippen LogP contribution in [0.3, 0.4) is 0 Å². The predicted molar refractivity (Wildman–Crippen MR) is 31.7 cm³/mol. The van der Waals surface area contributed by atoms with Gasteiger partial charge in [-0.25, -0.2) is 0 Å². The van der Waals surface area contributed by atoms with Crippen LogP contribution >= 0.6 is 0 Å². The summed E-state index contributed by atoms with van der Waals surface area (Å²) < 4.78 is 0. The summed E-state index contributed by atoms with van der Waals surface area (Å²) in [6.45, 7) is 1.43. The summed E-state index contributed by atoms with van der Waals surface area (Å²) in [5.74, 6) is 0. The molecule has 0 saturated carbocycles. The van der Waals surface area contributed by atoms with E-state index in [0.717, 1.165) is 0 Å². The molecule has 0 aromatic carbocycles. The molecule has 0 aromatic heterocycles. The van der Waals surface area contributed by atoms with Crippen LogP contribution < -0.4 is 0 Å². The summed E-state index contributed by atoms with van der Waals surface area (Å²) in [5.41, 5.74) is 0. The molecule has 0 aliphatic heterocycles.